The maximum absolute atomic E-state index is 9.58. The molecule has 10 nitrogen and oxygen atoms in total. The molecule has 1 aliphatic rings. The molecule has 4 aromatic heterocycles. The second kappa shape index (κ2) is 10.1. The van der Waals surface area contributed by atoms with Crippen LogP contribution in [0.1, 0.15) is 12.6 Å². The summed E-state index contributed by atoms with van der Waals surface area (Å²) in [5, 5.41) is 14.4. The summed E-state index contributed by atoms with van der Waals surface area (Å²) in [7, 11) is 0. The molecule has 0 aliphatic carbocycles. The Balaban J connectivity index is 1.60. The maximum atomic E-state index is 9.58. The normalized spacial score (nSPS) is 13.9. The first kappa shape index (κ1) is 23.3. The zero-order valence-electron chi connectivity index (χ0n) is 20.7. The molecule has 0 atom stereocenters. The number of aliphatic hydroxyl groups is 1. The number of hydrogen-bond donors (Lipinski definition) is 1. The van der Waals surface area contributed by atoms with Gasteiger partial charge in [0.1, 0.15) is 5.82 Å². The van der Waals surface area contributed by atoms with E-state index in [1.54, 1.807) is 17.1 Å². The van der Waals surface area contributed by atoms with Gasteiger partial charge in [-0.05, 0) is 25.1 Å². The maximum Gasteiger partial charge on any atom is 0.255 e. The first-order chi connectivity index (χ1) is 18.3. The van der Waals surface area contributed by atoms with Crippen LogP contribution in [0.15, 0.2) is 60.9 Å². The molecule has 0 amide bonds. The fraction of sp³-hybridized carbons (Fsp3) is 0.296. The van der Waals surface area contributed by atoms with E-state index in [1.807, 2.05) is 48.5 Å². The molecule has 0 radical (unpaired) electrons. The zero-order valence-corrected chi connectivity index (χ0v) is 20.7. The molecule has 0 spiro atoms. The molecular weight excluding hydrogens is 468 g/mol. The standard InChI is InChI=1S/C27H28N8O2/c1-2-34-24(20-8-11-28-12-9-20)29-23-25(33-13-16-37-17-14-33)30-27(31-26(23)34)35-22(18-21(32-35)10-15-36)19-6-4-3-5-7-19/h3-9,11-12,18,36H,2,10,13-17H2,1H3. The Hall–Kier alpha value is -4.15. The molecule has 37 heavy (non-hydrogen) atoms. The summed E-state index contributed by atoms with van der Waals surface area (Å²) in [6.07, 6.45) is 3.99. The highest BCUT2D eigenvalue weighted by Crippen LogP contribution is 2.31. The molecule has 0 saturated carbocycles. The average Bonchev–Trinajstić information content (AvgIpc) is 3.56. The van der Waals surface area contributed by atoms with Gasteiger partial charge >= 0.3 is 0 Å². The Kier molecular flexibility index (Phi) is 6.33. The molecule has 1 aromatic carbocycles. The van der Waals surface area contributed by atoms with Crippen molar-refractivity contribution in [2.75, 3.05) is 37.8 Å². The van der Waals surface area contributed by atoms with Gasteiger partial charge < -0.3 is 19.3 Å². The third-order valence-electron chi connectivity index (χ3n) is 6.52. The van der Waals surface area contributed by atoms with Crippen LogP contribution in [-0.4, -0.2) is 72.3 Å². The van der Waals surface area contributed by atoms with Crippen molar-refractivity contribution in [2.45, 2.75) is 19.9 Å². The number of nitrogens with zero attached hydrogens (tertiary/aromatic N) is 8. The lowest BCUT2D eigenvalue weighted by atomic mass is 10.1. The number of aliphatic hydroxyl groups excluding tert-OH is 1. The predicted molar refractivity (Wildman–Crippen MR) is 141 cm³/mol. The summed E-state index contributed by atoms with van der Waals surface area (Å²) in [5.41, 5.74) is 5.12. The quantitative estimate of drug-likeness (QED) is 0.366. The molecule has 188 valence electrons. The molecule has 1 N–H and O–H groups in total. The van der Waals surface area contributed by atoms with Crippen molar-refractivity contribution in [2.24, 2.45) is 0 Å². The number of aromatic nitrogens is 7. The van der Waals surface area contributed by atoms with Gasteiger partial charge in [0.15, 0.2) is 17.0 Å². The van der Waals surface area contributed by atoms with E-state index in [1.165, 1.54) is 0 Å². The SMILES string of the molecule is CCn1c(-c2ccncc2)nc2c(N3CCOCC3)nc(-n3nc(CCO)cc3-c3ccccc3)nc21. The number of imidazole rings is 1. The molecule has 5 aromatic rings. The fourth-order valence-corrected chi connectivity index (χ4v) is 4.72. The molecule has 10 heteroatoms. The minimum absolute atomic E-state index is 0.0159. The topological polar surface area (TPSA) is 107 Å². The summed E-state index contributed by atoms with van der Waals surface area (Å²) in [6, 6.07) is 16.0. The molecule has 0 unspecified atom stereocenters. The van der Waals surface area contributed by atoms with Crippen molar-refractivity contribution in [1.82, 2.24) is 34.3 Å². The number of ether oxygens (including phenoxy) is 1. The van der Waals surface area contributed by atoms with Crippen LogP contribution in [0, 0.1) is 0 Å². The minimum atomic E-state index is 0.0159. The van der Waals surface area contributed by atoms with Crippen LogP contribution in [0.3, 0.4) is 0 Å². The lowest BCUT2D eigenvalue weighted by molar-refractivity contribution is 0.122. The molecular formula is C27H28N8O2. The van der Waals surface area contributed by atoms with Gasteiger partial charge in [0.25, 0.3) is 5.95 Å². The summed E-state index contributed by atoms with van der Waals surface area (Å²) >= 11 is 0. The molecule has 1 saturated heterocycles. The summed E-state index contributed by atoms with van der Waals surface area (Å²) in [4.78, 5) is 21.5. The second-order valence-electron chi connectivity index (χ2n) is 8.81. The number of morpholine rings is 1. The Labute approximate surface area is 214 Å². The van der Waals surface area contributed by atoms with Crippen LogP contribution < -0.4 is 4.90 Å². The van der Waals surface area contributed by atoms with Crippen molar-refractivity contribution >= 4 is 17.0 Å². The number of hydrogen-bond acceptors (Lipinski definition) is 8. The minimum Gasteiger partial charge on any atom is -0.396 e. The van der Waals surface area contributed by atoms with Crippen molar-refractivity contribution in [3.63, 3.8) is 0 Å². The molecule has 6 rings (SSSR count). The van der Waals surface area contributed by atoms with Gasteiger partial charge in [0.05, 0.1) is 24.6 Å². The highest BCUT2D eigenvalue weighted by molar-refractivity contribution is 5.88. The number of aryl methyl sites for hydroxylation is 1. The van der Waals surface area contributed by atoms with E-state index in [9.17, 15) is 5.11 Å². The van der Waals surface area contributed by atoms with E-state index in [2.05, 4.69) is 21.4 Å². The second-order valence-corrected chi connectivity index (χ2v) is 8.81. The number of anilines is 1. The number of benzene rings is 1. The third-order valence-corrected chi connectivity index (χ3v) is 6.52. The smallest absolute Gasteiger partial charge is 0.255 e. The van der Waals surface area contributed by atoms with Gasteiger partial charge in [-0.15, -0.1) is 0 Å². The number of pyridine rings is 1. The van der Waals surface area contributed by atoms with Gasteiger partial charge in [-0.1, -0.05) is 30.3 Å². The predicted octanol–water partition coefficient (Wildman–Crippen LogP) is 3.13. The first-order valence-electron chi connectivity index (χ1n) is 12.5. The third kappa shape index (κ3) is 4.34. The van der Waals surface area contributed by atoms with E-state index < -0.39 is 0 Å². The van der Waals surface area contributed by atoms with Crippen molar-refractivity contribution in [1.29, 1.82) is 0 Å². The highest BCUT2D eigenvalue weighted by atomic mass is 16.5. The van der Waals surface area contributed by atoms with Crippen molar-refractivity contribution in [3.8, 4) is 28.6 Å². The molecule has 1 aliphatic heterocycles. The van der Waals surface area contributed by atoms with Gasteiger partial charge in [-0.3, -0.25) is 4.98 Å². The van der Waals surface area contributed by atoms with Crippen molar-refractivity contribution < 1.29 is 9.84 Å². The van der Waals surface area contributed by atoms with Crippen LogP contribution in [0.4, 0.5) is 5.82 Å². The Morgan fingerprint density at radius 1 is 0.946 bits per heavy atom. The fourth-order valence-electron chi connectivity index (χ4n) is 4.72. The van der Waals surface area contributed by atoms with E-state index in [-0.39, 0.29) is 6.61 Å². The molecule has 0 bridgehead atoms. The van der Waals surface area contributed by atoms with Crippen LogP contribution >= 0.6 is 0 Å². The van der Waals surface area contributed by atoms with E-state index in [0.29, 0.717) is 32.1 Å². The lowest BCUT2D eigenvalue weighted by Gasteiger charge is -2.28. The molecule has 1 fully saturated rings. The Morgan fingerprint density at radius 3 is 2.46 bits per heavy atom. The average molecular weight is 497 g/mol. The van der Waals surface area contributed by atoms with E-state index in [4.69, 9.17) is 24.8 Å². The van der Waals surface area contributed by atoms with Crippen LogP contribution in [0.25, 0.3) is 39.8 Å². The summed E-state index contributed by atoms with van der Waals surface area (Å²) < 4.78 is 9.51. The lowest BCUT2D eigenvalue weighted by Crippen LogP contribution is -2.37. The largest absolute Gasteiger partial charge is 0.396 e. The summed E-state index contributed by atoms with van der Waals surface area (Å²) in [6.45, 7) is 5.49. The van der Waals surface area contributed by atoms with Gasteiger partial charge in [0.2, 0.25) is 0 Å². The van der Waals surface area contributed by atoms with Gasteiger partial charge in [-0.25, -0.2) is 4.98 Å². The van der Waals surface area contributed by atoms with Gasteiger partial charge in [0, 0.05) is 56.2 Å². The number of fused-ring (bicyclic) bond motifs is 1. The van der Waals surface area contributed by atoms with Crippen LogP contribution in [0.2, 0.25) is 0 Å². The van der Waals surface area contributed by atoms with Crippen LogP contribution in [0.5, 0.6) is 0 Å². The van der Waals surface area contributed by atoms with E-state index in [0.717, 1.165) is 58.4 Å². The number of rotatable bonds is 7. The monoisotopic (exact) mass is 496 g/mol. The van der Waals surface area contributed by atoms with Crippen LogP contribution in [-0.2, 0) is 17.7 Å². The van der Waals surface area contributed by atoms with Crippen molar-refractivity contribution in [3.05, 3.63) is 66.6 Å². The Morgan fingerprint density at radius 2 is 1.73 bits per heavy atom. The molecule has 5 heterocycles. The summed E-state index contributed by atoms with van der Waals surface area (Å²) in [5.74, 6) is 2.06. The first-order valence-corrected chi connectivity index (χ1v) is 12.5. The van der Waals surface area contributed by atoms with Gasteiger partial charge in [-0.2, -0.15) is 19.7 Å². The highest BCUT2D eigenvalue weighted by Gasteiger charge is 2.25. The Bertz CT molecular complexity index is 1510. The zero-order chi connectivity index (χ0) is 25.2. The van der Waals surface area contributed by atoms with E-state index >= 15 is 0 Å².